The van der Waals surface area contributed by atoms with E-state index in [2.05, 4.69) is 11.8 Å². The summed E-state index contributed by atoms with van der Waals surface area (Å²) in [5.41, 5.74) is 4.80. The monoisotopic (exact) mass is 560 g/mol. The zero-order valence-corrected chi connectivity index (χ0v) is 23.2. The minimum absolute atomic E-state index is 0.149. The van der Waals surface area contributed by atoms with Crippen molar-refractivity contribution in [2.24, 2.45) is 0 Å². The first-order valence-electron chi connectivity index (χ1n) is 13.9. The van der Waals surface area contributed by atoms with Gasteiger partial charge < -0.3 is 24.2 Å². The number of aliphatic carboxylic acids is 1. The van der Waals surface area contributed by atoms with Crippen LogP contribution in [0.25, 0.3) is 28.0 Å². The van der Waals surface area contributed by atoms with E-state index in [-0.39, 0.29) is 24.4 Å². The maximum Gasteiger partial charge on any atom is 0.308 e. The normalized spacial score (nSPS) is 17.3. The summed E-state index contributed by atoms with van der Waals surface area (Å²) in [7, 11) is 0. The molecule has 0 radical (unpaired) electrons. The van der Waals surface area contributed by atoms with Crippen LogP contribution in [0.1, 0.15) is 31.0 Å². The lowest BCUT2D eigenvalue weighted by molar-refractivity contribution is -0.136. The predicted molar refractivity (Wildman–Crippen MR) is 152 cm³/mol. The Labute approximate surface area is 237 Å². The molecular weight excluding hydrogens is 527 g/mol. The largest absolute Gasteiger partial charge is 0.490 e. The summed E-state index contributed by atoms with van der Waals surface area (Å²) < 4.78 is 33.9. The molecule has 0 amide bonds. The number of carboxylic acids is 1. The van der Waals surface area contributed by atoms with E-state index in [0.717, 1.165) is 35.3 Å². The quantitative estimate of drug-likeness (QED) is 0.345. The molecule has 1 N–H and O–H groups in total. The molecule has 1 saturated heterocycles. The average molecular weight is 561 g/mol. The van der Waals surface area contributed by atoms with E-state index in [1.165, 1.54) is 12.1 Å². The summed E-state index contributed by atoms with van der Waals surface area (Å²) in [5.74, 6) is -0.110. The highest BCUT2D eigenvalue weighted by Crippen LogP contribution is 2.36. The average Bonchev–Trinajstić information content (AvgIpc) is 3.37. The fourth-order valence-corrected chi connectivity index (χ4v) is 5.66. The molecule has 41 heavy (non-hydrogen) atoms. The van der Waals surface area contributed by atoms with Crippen molar-refractivity contribution in [3.05, 3.63) is 65.6 Å². The van der Waals surface area contributed by atoms with Crippen molar-refractivity contribution in [3.8, 4) is 28.1 Å². The number of carboxylic acid groups (broad SMARTS) is 1. The Balaban J connectivity index is 1.48. The standard InChI is InChI=1S/C31H33FN4O5/c1-20-25(18-29(37)38)30-35-10-8-31(2,9-11-35)41-15-13-39-12-14-40-27-17-23(32)6-7-24(27)21-4-3-5-22(16-21)26-19-28(33-20)36(30)34-26/h3-7,16-17,19H,8-15,18H2,1-2H3,(H,37,38). The summed E-state index contributed by atoms with van der Waals surface area (Å²) in [6.07, 6.45) is 1.39. The van der Waals surface area contributed by atoms with Gasteiger partial charge in [-0.2, -0.15) is 9.61 Å². The van der Waals surface area contributed by atoms with Crippen molar-refractivity contribution >= 4 is 17.4 Å². The molecule has 3 aliphatic rings. The van der Waals surface area contributed by atoms with Crippen molar-refractivity contribution < 1.29 is 28.5 Å². The van der Waals surface area contributed by atoms with Gasteiger partial charge in [0.2, 0.25) is 0 Å². The Morgan fingerprint density at radius 1 is 1.05 bits per heavy atom. The van der Waals surface area contributed by atoms with Crippen molar-refractivity contribution in [3.63, 3.8) is 0 Å². The molecule has 0 unspecified atom stereocenters. The van der Waals surface area contributed by atoms with Crippen molar-refractivity contribution in [1.82, 2.24) is 14.6 Å². The van der Waals surface area contributed by atoms with Crippen molar-refractivity contribution in [2.75, 3.05) is 44.4 Å². The molecule has 0 aliphatic carbocycles. The van der Waals surface area contributed by atoms with E-state index in [1.807, 2.05) is 37.3 Å². The predicted octanol–water partition coefficient (Wildman–Crippen LogP) is 4.92. The van der Waals surface area contributed by atoms with Gasteiger partial charge >= 0.3 is 5.97 Å². The van der Waals surface area contributed by atoms with Gasteiger partial charge in [0.25, 0.3) is 0 Å². The van der Waals surface area contributed by atoms with Crippen LogP contribution in [0.5, 0.6) is 5.75 Å². The molecule has 9 nitrogen and oxygen atoms in total. The summed E-state index contributed by atoms with van der Waals surface area (Å²) in [4.78, 5) is 18.8. The van der Waals surface area contributed by atoms with E-state index in [9.17, 15) is 14.3 Å². The number of benzene rings is 2. The number of halogens is 1. The second kappa shape index (κ2) is 11.1. The lowest BCUT2D eigenvalue weighted by Crippen LogP contribution is -2.45. The van der Waals surface area contributed by atoms with Crippen LogP contribution < -0.4 is 9.64 Å². The number of carbonyl (C=O) groups is 1. The third-order valence-electron chi connectivity index (χ3n) is 7.91. The highest BCUT2D eigenvalue weighted by Gasteiger charge is 2.33. The molecule has 214 valence electrons. The molecule has 2 aromatic carbocycles. The van der Waals surface area contributed by atoms with Crippen LogP contribution >= 0.6 is 0 Å². The summed E-state index contributed by atoms with van der Waals surface area (Å²) in [6, 6.07) is 14.3. The topological polar surface area (TPSA) is 98.4 Å². The fourth-order valence-electron chi connectivity index (χ4n) is 5.66. The first-order valence-corrected chi connectivity index (χ1v) is 13.9. The number of aromatic nitrogens is 3. The van der Waals surface area contributed by atoms with E-state index in [4.69, 9.17) is 24.3 Å². The van der Waals surface area contributed by atoms with Gasteiger partial charge in [0, 0.05) is 47.6 Å². The number of fused-ring (bicyclic) bond motifs is 8. The lowest BCUT2D eigenvalue weighted by atomic mass is 9.93. The highest BCUT2D eigenvalue weighted by atomic mass is 19.1. The number of piperidine rings is 1. The van der Waals surface area contributed by atoms with Crippen molar-refractivity contribution in [2.45, 2.75) is 38.7 Å². The van der Waals surface area contributed by atoms with Crippen LogP contribution in [0.3, 0.4) is 0 Å². The zero-order chi connectivity index (χ0) is 28.6. The molecule has 3 aliphatic heterocycles. The van der Waals surface area contributed by atoms with E-state index >= 15 is 0 Å². The number of hydrogen-bond acceptors (Lipinski definition) is 7. The third kappa shape index (κ3) is 5.62. The van der Waals surface area contributed by atoms with E-state index < -0.39 is 5.97 Å². The van der Waals surface area contributed by atoms with Gasteiger partial charge in [-0.05, 0) is 50.5 Å². The van der Waals surface area contributed by atoms with Gasteiger partial charge in [-0.25, -0.2) is 9.37 Å². The molecule has 5 heterocycles. The van der Waals surface area contributed by atoms with E-state index in [1.54, 1.807) is 10.6 Å². The highest BCUT2D eigenvalue weighted by molar-refractivity contribution is 5.78. The second-order valence-electron chi connectivity index (χ2n) is 10.8. The fraction of sp³-hybridized carbons (Fsp3) is 0.387. The molecular formula is C31H33FN4O5. The Kier molecular flexibility index (Phi) is 7.35. The van der Waals surface area contributed by atoms with Gasteiger partial charge in [-0.15, -0.1) is 0 Å². The number of rotatable bonds is 2. The van der Waals surface area contributed by atoms with Gasteiger partial charge in [-0.3, -0.25) is 4.79 Å². The van der Waals surface area contributed by atoms with Gasteiger partial charge in [0.05, 0.1) is 37.5 Å². The molecule has 7 rings (SSSR count). The molecule has 4 aromatic rings. The Morgan fingerprint density at radius 2 is 1.83 bits per heavy atom. The van der Waals surface area contributed by atoms with Crippen LogP contribution in [-0.4, -0.2) is 70.8 Å². The van der Waals surface area contributed by atoms with Crippen LogP contribution in [0, 0.1) is 12.7 Å². The number of ether oxygens (including phenoxy) is 3. The number of hydrogen-bond donors (Lipinski definition) is 1. The van der Waals surface area contributed by atoms with Gasteiger partial charge in [0.15, 0.2) is 5.65 Å². The summed E-state index contributed by atoms with van der Waals surface area (Å²) in [6.45, 7) is 6.83. The maximum atomic E-state index is 14.2. The Hall–Kier alpha value is -4.02. The zero-order valence-electron chi connectivity index (χ0n) is 23.2. The smallest absolute Gasteiger partial charge is 0.308 e. The molecule has 0 spiro atoms. The SMILES string of the molecule is Cc1nc2cc3nn2c(c1CC(=O)O)N1CCC(C)(CC1)OCCOCCOc1cc(F)ccc1-c1cccc-3c1. The third-order valence-corrected chi connectivity index (χ3v) is 7.91. The first kappa shape index (κ1) is 27.2. The maximum absolute atomic E-state index is 14.2. The summed E-state index contributed by atoms with van der Waals surface area (Å²) in [5, 5.41) is 14.7. The van der Waals surface area contributed by atoms with Crippen LogP contribution in [0.4, 0.5) is 10.2 Å². The lowest BCUT2D eigenvalue weighted by Gasteiger charge is -2.40. The molecule has 6 bridgehead atoms. The minimum atomic E-state index is -0.917. The molecule has 0 atom stereocenters. The Morgan fingerprint density at radius 3 is 2.63 bits per heavy atom. The molecule has 2 aromatic heterocycles. The van der Waals surface area contributed by atoms with Gasteiger partial charge in [0.1, 0.15) is 24.0 Å². The van der Waals surface area contributed by atoms with Crippen LogP contribution in [0.2, 0.25) is 0 Å². The number of aryl methyl sites for hydroxylation is 1. The minimum Gasteiger partial charge on any atom is -0.490 e. The van der Waals surface area contributed by atoms with Crippen LogP contribution in [-0.2, 0) is 20.7 Å². The van der Waals surface area contributed by atoms with Gasteiger partial charge in [-0.1, -0.05) is 18.2 Å². The van der Waals surface area contributed by atoms with Crippen molar-refractivity contribution in [1.29, 1.82) is 0 Å². The number of anilines is 1. The molecule has 0 saturated carbocycles. The summed E-state index contributed by atoms with van der Waals surface area (Å²) >= 11 is 0. The second-order valence-corrected chi connectivity index (χ2v) is 10.8. The Bertz CT molecular complexity index is 1600. The molecule has 1 fully saturated rings. The first-order chi connectivity index (χ1) is 19.8. The van der Waals surface area contributed by atoms with E-state index in [0.29, 0.717) is 61.3 Å². The number of nitrogens with zero attached hydrogens (tertiary/aromatic N) is 4. The van der Waals surface area contributed by atoms with Crippen LogP contribution in [0.15, 0.2) is 48.5 Å². The molecule has 10 heteroatoms.